The number of anilines is 2. The van der Waals surface area contributed by atoms with Crippen molar-refractivity contribution in [2.24, 2.45) is 0 Å². The maximum absolute atomic E-state index is 12.5. The van der Waals surface area contributed by atoms with Gasteiger partial charge in [-0.25, -0.2) is 14.8 Å². The smallest absolute Gasteiger partial charge is 0.414 e. The number of aliphatic hydroxyl groups excluding tert-OH is 2. The van der Waals surface area contributed by atoms with Crippen molar-refractivity contribution >= 4 is 46.2 Å². The third-order valence-corrected chi connectivity index (χ3v) is 7.10. The molecule has 0 bridgehead atoms. The van der Waals surface area contributed by atoms with Crippen LogP contribution in [0.3, 0.4) is 0 Å². The minimum Gasteiger partial charge on any atom is -0.480 e. The molecule has 2 aromatic carbocycles. The number of carbonyl (C=O) groups is 2. The van der Waals surface area contributed by atoms with Gasteiger partial charge in [-0.15, -0.1) is 11.8 Å². The molecule has 3 atom stereocenters. The summed E-state index contributed by atoms with van der Waals surface area (Å²) in [5, 5.41) is 27.1. The molecule has 3 aromatic rings. The second-order valence-corrected chi connectivity index (χ2v) is 9.45. The first-order valence-corrected chi connectivity index (χ1v) is 12.3. The minimum absolute atomic E-state index is 0.0606. The zero-order valence-corrected chi connectivity index (χ0v) is 20.2. The predicted molar refractivity (Wildman–Crippen MR) is 133 cm³/mol. The molecular weight excluding hydrogens is 486 g/mol. The van der Waals surface area contributed by atoms with Gasteiger partial charge in [0.05, 0.1) is 48.4 Å². The number of nitrogens with one attached hydrogen (secondary N) is 2. The molecule has 0 spiro atoms. The standard InChI is InChI=1S/C24H25N5O6S/c1-34-21-10-26-15-4-2-3-13(22(15)28-21)8-25-9-17(30)23(32)18-11-29(24(33)35-18)14-5-6-19-16(7-14)27-20(31)12-36-19/h2-7,10,17-18,23,25,30,32H,8-9,11-12H2,1H3,(H,27,31)/t17-,18-,23+/m1/s1. The molecule has 2 amide bonds. The lowest BCUT2D eigenvalue weighted by molar-refractivity contribution is -0.113. The molecule has 0 unspecified atom stereocenters. The number of methoxy groups -OCH3 is 1. The molecule has 1 fully saturated rings. The van der Waals surface area contributed by atoms with Gasteiger partial charge in [0.1, 0.15) is 6.10 Å². The van der Waals surface area contributed by atoms with Crippen LogP contribution in [-0.2, 0) is 16.1 Å². The average Bonchev–Trinajstić information content (AvgIpc) is 3.28. The topological polar surface area (TPSA) is 146 Å². The van der Waals surface area contributed by atoms with Crippen LogP contribution in [0, 0.1) is 0 Å². The molecule has 11 nitrogen and oxygen atoms in total. The fraction of sp³-hybridized carbons (Fsp3) is 0.333. The van der Waals surface area contributed by atoms with Crippen molar-refractivity contribution < 1.29 is 29.3 Å². The summed E-state index contributed by atoms with van der Waals surface area (Å²) in [4.78, 5) is 35.3. The molecule has 36 heavy (non-hydrogen) atoms. The maximum atomic E-state index is 12.5. The van der Waals surface area contributed by atoms with E-state index < -0.39 is 24.4 Å². The molecule has 5 rings (SSSR count). The number of benzene rings is 2. The first kappa shape index (κ1) is 24.3. The number of aromatic nitrogens is 2. The Kier molecular flexibility index (Phi) is 6.92. The summed E-state index contributed by atoms with van der Waals surface area (Å²) >= 11 is 1.43. The Balaban J connectivity index is 1.19. The van der Waals surface area contributed by atoms with Gasteiger partial charge in [0.2, 0.25) is 11.8 Å². The molecule has 4 N–H and O–H groups in total. The molecule has 188 valence electrons. The average molecular weight is 512 g/mol. The summed E-state index contributed by atoms with van der Waals surface area (Å²) in [6.45, 7) is 0.499. The summed E-state index contributed by atoms with van der Waals surface area (Å²) in [6, 6.07) is 10.9. The fourth-order valence-corrected chi connectivity index (χ4v) is 4.94. The number of hydrogen-bond donors (Lipinski definition) is 4. The number of nitrogens with zero attached hydrogens (tertiary/aromatic N) is 3. The number of carbonyl (C=O) groups excluding carboxylic acids is 2. The van der Waals surface area contributed by atoms with Crippen LogP contribution in [0.5, 0.6) is 5.88 Å². The highest BCUT2D eigenvalue weighted by Crippen LogP contribution is 2.35. The Labute approximate surface area is 210 Å². The molecule has 3 heterocycles. The van der Waals surface area contributed by atoms with Gasteiger partial charge in [-0.2, -0.15) is 0 Å². The lowest BCUT2D eigenvalue weighted by Gasteiger charge is -2.23. The van der Waals surface area contributed by atoms with E-state index in [0.29, 0.717) is 40.6 Å². The molecule has 1 aromatic heterocycles. The van der Waals surface area contributed by atoms with Crippen molar-refractivity contribution in [1.29, 1.82) is 0 Å². The number of thioether (sulfide) groups is 1. The highest BCUT2D eigenvalue weighted by molar-refractivity contribution is 8.00. The van der Waals surface area contributed by atoms with E-state index in [9.17, 15) is 19.8 Å². The van der Waals surface area contributed by atoms with E-state index in [-0.39, 0.29) is 19.0 Å². The Morgan fingerprint density at radius 1 is 1.31 bits per heavy atom. The molecule has 12 heteroatoms. The van der Waals surface area contributed by atoms with Crippen LogP contribution in [0.25, 0.3) is 11.0 Å². The lowest BCUT2D eigenvalue weighted by Crippen LogP contribution is -2.44. The van der Waals surface area contributed by atoms with Crippen LogP contribution in [-0.4, -0.2) is 76.4 Å². The normalized spacial score (nSPS) is 19.0. The maximum Gasteiger partial charge on any atom is 0.414 e. The van der Waals surface area contributed by atoms with Gasteiger partial charge in [-0.1, -0.05) is 12.1 Å². The van der Waals surface area contributed by atoms with Crippen molar-refractivity contribution in [3.05, 3.63) is 48.2 Å². The molecule has 2 aliphatic rings. The summed E-state index contributed by atoms with van der Waals surface area (Å²) < 4.78 is 10.5. The van der Waals surface area contributed by atoms with E-state index in [1.165, 1.54) is 23.8 Å². The van der Waals surface area contributed by atoms with Crippen LogP contribution in [0.15, 0.2) is 47.5 Å². The second kappa shape index (κ2) is 10.3. The van der Waals surface area contributed by atoms with Gasteiger partial charge in [0, 0.05) is 23.7 Å². The zero-order valence-electron chi connectivity index (χ0n) is 19.4. The third-order valence-electron chi connectivity index (χ3n) is 6.03. The van der Waals surface area contributed by atoms with Gasteiger partial charge in [-0.05, 0) is 29.8 Å². The van der Waals surface area contributed by atoms with E-state index in [4.69, 9.17) is 9.47 Å². The molecule has 0 saturated carbocycles. The first-order chi connectivity index (χ1) is 17.4. The van der Waals surface area contributed by atoms with Gasteiger partial charge in [0.15, 0.2) is 6.10 Å². The van der Waals surface area contributed by atoms with Gasteiger partial charge in [-0.3, -0.25) is 9.69 Å². The van der Waals surface area contributed by atoms with Crippen molar-refractivity contribution in [2.75, 3.05) is 36.2 Å². The summed E-state index contributed by atoms with van der Waals surface area (Å²) in [7, 11) is 1.52. The summed E-state index contributed by atoms with van der Waals surface area (Å²) in [5.41, 5.74) is 3.42. The van der Waals surface area contributed by atoms with E-state index in [1.54, 1.807) is 18.3 Å². The Bertz CT molecular complexity index is 1310. The number of rotatable bonds is 8. The Morgan fingerprint density at radius 3 is 3.00 bits per heavy atom. The molecule has 0 radical (unpaired) electrons. The van der Waals surface area contributed by atoms with E-state index in [1.807, 2.05) is 24.3 Å². The molecular formula is C24H25N5O6S. The summed E-state index contributed by atoms with van der Waals surface area (Å²) in [5.74, 6) is 0.644. The lowest BCUT2D eigenvalue weighted by atomic mass is 10.1. The van der Waals surface area contributed by atoms with Crippen molar-refractivity contribution in [2.45, 2.75) is 29.8 Å². The number of fused-ring (bicyclic) bond motifs is 2. The molecule has 1 saturated heterocycles. The zero-order chi connectivity index (χ0) is 25.2. The molecule has 2 aliphatic heterocycles. The Morgan fingerprint density at radius 2 is 2.17 bits per heavy atom. The van der Waals surface area contributed by atoms with Crippen molar-refractivity contribution in [3.63, 3.8) is 0 Å². The largest absolute Gasteiger partial charge is 0.480 e. The predicted octanol–water partition coefficient (Wildman–Crippen LogP) is 1.52. The number of hydrogen-bond acceptors (Lipinski definition) is 10. The monoisotopic (exact) mass is 511 g/mol. The van der Waals surface area contributed by atoms with E-state index >= 15 is 0 Å². The highest BCUT2D eigenvalue weighted by atomic mass is 32.2. The van der Waals surface area contributed by atoms with E-state index in [2.05, 4.69) is 20.6 Å². The van der Waals surface area contributed by atoms with E-state index in [0.717, 1.165) is 10.5 Å². The quantitative estimate of drug-likeness (QED) is 0.351. The van der Waals surface area contributed by atoms with Gasteiger partial charge >= 0.3 is 6.09 Å². The number of para-hydroxylation sites is 1. The SMILES string of the molecule is COc1cnc2cccc(CNC[C@@H](O)[C@H](O)[C@H]3CN(c4ccc5c(c4)NC(=O)CS5)C(=O)O3)c2n1. The first-order valence-electron chi connectivity index (χ1n) is 11.3. The van der Waals surface area contributed by atoms with Gasteiger partial charge in [0.25, 0.3) is 0 Å². The number of aliphatic hydroxyl groups is 2. The summed E-state index contributed by atoms with van der Waals surface area (Å²) in [6.07, 6.45) is -2.48. The number of ether oxygens (including phenoxy) is 2. The van der Waals surface area contributed by atoms with Crippen LogP contribution >= 0.6 is 11.8 Å². The minimum atomic E-state index is -1.30. The number of amides is 2. The van der Waals surface area contributed by atoms with Crippen LogP contribution in [0.4, 0.5) is 16.2 Å². The highest BCUT2D eigenvalue weighted by Gasteiger charge is 2.39. The third kappa shape index (κ3) is 4.93. The fourth-order valence-electron chi connectivity index (χ4n) is 4.15. The van der Waals surface area contributed by atoms with Crippen molar-refractivity contribution in [3.8, 4) is 5.88 Å². The number of cyclic esters (lactones) is 1. The van der Waals surface area contributed by atoms with Crippen LogP contribution in [0.1, 0.15) is 5.56 Å². The molecule has 0 aliphatic carbocycles. The van der Waals surface area contributed by atoms with Crippen LogP contribution in [0.2, 0.25) is 0 Å². The van der Waals surface area contributed by atoms with Crippen molar-refractivity contribution in [1.82, 2.24) is 15.3 Å². The van der Waals surface area contributed by atoms with Crippen LogP contribution < -0.4 is 20.3 Å². The second-order valence-electron chi connectivity index (χ2n) is 8.44. The Hall–Kier alpha value is -3.45. The van der Waals surface area contributed by atoms with Gasteiger partial charge < -0.3 is 30.3 Å².